The molecule has 194 valence electrons. The van der Waals surface area contributed by atoms with Crippen LogP contribution in [0.4, 0.5) is 13.2 Å². The molecule has 9 nitrogen and oxygen atoms in total. The molecule has 1 unspecified atom stereocenters. The third kappa shape index (κ3) is 4.90. The van der Waals surface area contributed by atoms with E-state index in [0.717, 1.165) is 54.8 Å². The largest absolute Gasteiger partial charge is 0.501 e. The molecule has 1 fully saturated rings. The Labute approximate surface area is 205 Å². The molecule has 1 aromatic carbocycles. The van der Waals surface area contributed by atoms with Crippen LogP contribution in [0.5, 0.6) is 5.88 Å². The Morgan fingerprint density at radius 1 is 1.08 bits per heavy atom. The SMILES string of the molecule is Cc1c(O)n(-c2ccc(S(=O)(=O)C(F)(F)F)cc2)c(=O)n1C(OCCN1CCCC1)c1ccncc1. The van der Waals surface area contributed by atoms with Crippen molar-refractivity contribution in [2.75, 3.05) is 26.2 Å². The fraction of sp³-hybridized carbons (Fsp3) is 0.391. The van der Waals surface area contributed by atoms with E-state index in [0.29, 0.717) is 18.7 Å². The number of aromatic nitrogens is 3. The average Bonchev–Trinajstić information content (AvgIpc) is 3.44. The lowest BCUT2D eigenvalue weighted by atomic mass is 10.2. The van der Waals surface area contributed by atoms with E-state index in [1.807, 2.05) is 0 Å². The number of sulfone groups is 1. The molecule has 3 aromatic rings. The molecule has 0 aliphatic carbocycles. The number of aromatic hydroxyl groups is 1. The van der Waals surface area contributed by atoms with E-state index < -0.39 is 38.0 Å². The number of hydrogen-bond acceptors (Lipinski definition) is 7. The second-order valence-corrected chi connectivity index (χ2v) is 10.3. The number of likely N-dealkylation sites (tertiary alicyclic amines) is 1. The first kappa shape index (κ1) is 25.9. The minimum Gasteiger partial charge on any atom is -0.493 e. The molecule has 1 aliphatic rings. The van der Waals surface area contributed by atoms with Gasteiger partial charge >= 0.3 is 11.2 Å². The van der Waals surface area contributed by atoms with E-state index in [-0.39, 0.29) is 11.4 Å². The number of halogens is 3. The second kappa shape index (κ2) is 10.1. The third-order valence-corrected chi connectivity index (χ3v) is 7.61. The number of rotatable bonds is 8. The fourth-order valence-corrected chi connectivity index (χ4v) is 4.94. The van der Waals surface area contributed by atoms with Gasteiger partial charge < -0.3 is 14.7 Å². The smallest absolute Gasteiger partial charge is 0.493 e. The van der Waals surface area contributed by atoms with Crippen LogP contribution in [0.2, 0.25) is 0 Å². The van der Waals surface area contributed by atoms with Crippen LogP contribution in [0.1, 0.15) is 30.3 Å². The highest BCUT2D eigenvalue weighted by molar-refractivity contribution is 7.92. The van der Waals surface area contributed by atoms with Crippen molar-refractivity contribution in [3.63, 3.8) is 0 Å². The second-order valence-electron chi connectivity index (χ2n) is 8.39. The number of alkyl halides is 3. The van der Waals surface area contributed by atoms with Crippen LogP contribution >= 0.6 is 0 Å². The Morgan fingerprint density at radius 2 is 1.69 bits per heavy atom. The predicted molar refractivity (Wildman–Crippen MR) is 124 cm³/mol. The molecule has 0 bridgehead atoms. The molecule has 2 aromatic heterocycles. The Morgan fingerprint density at radius 3 is 2.28 bits per heavy atom. The van der Waals surface area contributed by atoms with Crippen LogP contribution in [0, 0.1) is 6.92 Å². The lowest BCUT2D eigenvalue weighted by molar-refractivity contribution is -0.0436. The summed E-state index contributed by atoms with van der Waals surface area (Å²) < 4.78 is 70.2. The zero-order chi connectivity index (χ0) is 26.1. The van der Waals surface area contributed by atoms with Crippen molar-refractivity contribution in [3.05, 3.63) is 70.5 Å². The van der Waals surface area contributed by atoms with Gasteiger partial charge in [0.05, 0.1) is 22.9 Å². The van der Waals surface area contributed by atoms with E-state index in [4.69, 9.17) is 4.74 Å². The topological polar surface area (TPSA) is 107 Å². The summed E-state index contributed by atoms with van der Waals surface area (Å²) in [5.41, 5.74) is -5.40. The molecule has 1 aliphatic heterocycles. The zero-order valence-electron chi connectivity index (χ0n) is 19.3. The Bertz CT molecular complexity index is 1360. The van der Waals surface area contributed by atoms with E-state index in [9.17, 15) is 31.5 Å². The van der Waals surface area contributed by atoms with Crippen molar-refractivity contribution in [2.24, 2.45) is 0 Å². The van der Waals surface area contributed by atoms with Crippen LogP contribution in [-0.4, -0.2) is 64.3 Å². The van der Waals surface area contributed by atoms with E-state index >= 15 is 0 Å². The van der Waals surface area contributed by atoms with Gasteiger partial charge in [0, 0.05) is 24.5 Å². The first-order chi connectivity index (χ1) is 17.0. The molecule has 36 heavy (non-hydrogen) atoms. The highest BCUT2D eigenvalue weighted by atomic mass is 32.2. The number of nitrogens with zero attached hydrogens (tertiary/aromatic N) is 4. The summed E-state index contributed by atoms with van der Waals surface area (Å²) >= 11 is 0. The molecular weight excluding hydrogens is 501 g/mol. The minimum atomic E-state index is -5.55. The van der Waals surface area contributed by atoms with E-state index in [1.54, 1.807) is 24.5 Å². The Hall–Kier alpha value is -3.16. The van der Waals surface area contributed by atoms with Gasteiger partial charge in [-0.15, -0.1) is 0 Å². The zero-order valence-corrected chi connectivity index (χ0v) is 20.2. The molecule has 1 atom stereocenters. The predicted octanol–water partition coefficient (Wildman–Crippen LogP) is 3.00. The maximum atomic E-state index is 13.4. The van der Waals surface area contributed by atoms with Crippen molar-refractivity contribution in [1.29, 1.82) is 0 Å². The summed E-state index contributed by atoms with van der Waals surface area (Å²) in [4.78, 5) is 18.7. The number of imidazole rings is 1. The lowest BCUT2D eigenvalue weighted by Gasteiger charge is -2.22. The van der Waals surface area contributed by atoms with Crippen LogP contribution in [0.3, 0.4) is 0 Å². The average molecular weight is 527 g/mol. The highest BCUT2D eigenvalue weighted by Crippen LogP contribution is 2.31. The molecule has 1 N–H and O–H groups in total. The van der Waals surface area contributed by atoms with Gasteiger partial charge in [0.2, 0.25) is 5.88 Å². The number of ether oxygens (including phenoxy) is 1. The van der Waals surface area contributed by atoms with Crippen LogP contribution in [0.15, 0.2) is 58.5 Å². The van der Waals surface area contributed by atoms with Crippen molar-refractivity contribution >= 4 is 9.84 Å². The van der Waals surface area contributed by atoms with Crippen molar-refractivity contribution in [2.45, 2.75) is 36.4 Å². The molecule has 13 heteroatoms. The molecule has 0 saturated carbocycles. The molecule has 3 heterocycles. The summed E-state index contributed by atoms with van der Waals surface area (Å²) in [5.74, 6) is -0.450. The summed E-state index contributed by atoms with van der Waals surface area (Å²) in [5, 5.41) is 10.8. The summed E-state index contributed by atoms with van der Waals surface area (Å²) in [6, 6.07) is 6.89. The summed E-state index contributed by atoms with van der Waals surface area (Å²) in [6.45, 7) is 4.43. The van der Waals surface area contributed by atoms with Crippen LogP contribution < -0.4 is 5.69 Å². The highest BCUT2D eigenvalue weighted by Gasteiger charge is 2.46. The maximum absolute atomic E-state index is 13.4. The number of hydrogen-bond donors (Lipinski definition) is 1. The summed E-state index contributed by atoms with van der Waals surface area (Å²) in [6.07, 6.45) is 4.42. The lowest BCUT2D eigenvalue weighted by Crippen LogP contribution is -2.32. The first-order valence-electron chi connectivity index (χ1n) is 11.2. The molecular formula is C23H25F3N4O5S. The van der Waals surface area contributed by atoms with Crippen LogP contribution in [0.25, 0.3) is 5.69 Å². The van der Waals surface area contributed by atoms with Crippen LogP contribution in [-0.2, 0) is 14.6 Å². The Kier molecular flexibility index (Phi) is 7.25. The van der Waals surface area contributed by atoms with Crippen molar-refractivity contribution in [3.8, 4) is 11.6 Å². The van der Waals surface area contributed by atoms with Gasteiger partial charge in [-0.1, -0.05) is 0 Å². The van der Waals surface area contributed by atoms with Crippen molar-refractivity contribution in [1.82, 2.24) is 19.0 Å². The Balaban J connectivity index is 1.70. The van der Waals surface area contributed by atoms with Gasteiger partial charge in [-0.25, -0.2) is 17.8 Å². The monoisotopic (exact) mass is 526 g/mol. The van der Waals surface area contributed by atoms with Gasteiger partial charge in [0.15, 0.2) is 6.23 Å². The minimum absolute atomic E-state index is 0.00832. The molecule has 1 saturated heterocycles. The third-order valence-electron chi connectivity index (χ3n) is 6.11. The van der Waals surface area contributed by atoms with E-state index in [2.05, 4.69) is 9.88 Å². The first-order valence-corrected chi connectivity index (χ1v) is 12.7. The summed E-state index contributed by atoms with van der Waals surface area (Å²) in [7, 11) is -5.55. The van der Waals surface area contributed by atoms with Crippen molar-refractivity contribution < 1.29 is 31.4 Å². The normalized spacial score (nSPS) is 15.9. The maximum Gasteiger partial charge on any atom is 0.501 e. The van der Waals surface area contributed by atoms with Gasteiger partial charge in [-0.2, -0.15) is 13.2 Å². The van der Waals surface area contributed by atoms with E-state index in [1.165, 1.54) is 11.5 Å². The molecule has 4 rings (SSSR count). The standard InChI is InChI=1S/C23H25F3N4O5S/c1-16-20(31)30(18-4-6-19(7-5-18)36(33,34)23(24,25)26)22(32)29(16)21(17-8-10-27-11-9-17)35-15-14-28-12-2-3-13-28/h4-11,21,31H,2-3,12-15H2,1H3. The fourth-order valence-electron chi connectivity index (χ4n) is 4.18. The van der Waals surface area contributed by atoms with Gasteiger partial charge in [0.1, 0.15) is 0 Å². The molecule has 0 amide bonds. The van der Waals surface area contributed by atoms with Gasteiger partial charge in [-0.05, 0) is 69.3 Å². The molecule has 0 spiro atoms. The number of pyridine rings is 1. The van der Waals surface area contributed by atoms with Gasteiger partial charge in [0.25, 0.3) is 9.84 Å². The quantitative estimate of drug-likeness (QED) is 0.481. The van der Waals surface area contributed by atoms with Gasteiger partial charge in [-0.3, -0.25) is 9.55 Å². The molecule has 0 radical (unpaired) electrons. The number of benzene rings is 1.